The number of anilines is 1. The van der Waals surface area contributed by atoms with Crippen LogP contribution >= 0.6 is 0 Å². The van der Waals surface area contributed by atoms with Gasteiger partial charge < -0.3 is 4.90 Å². The largest absolute Gasteiger partial charge is 0.433 e. The Balaban J connectivity index is 2.25. The zero-order valence-electron chi connectivity index (χ0n) is 9.33. The molecule has 3 nitrogen and oxygen atoms in total. The van der Waals surface area contributed by atoms with Crippen LogP contribution in [0.5, 0.6) is 0 Å². The van der Waals surface area contributed by atoms with Crippen molar-refractivity contribution in [2.45, 2.75) is 19.5 Å². The zero-order valence-corrected chi connectivity index (χ0v) is 9.33. The monoisotopic (exact) mass is 243 g/mol. The molecule has 0 radical (unpaired) electrons. The van der Waals surface area contributed by atoms with E-state index >= 15 is 0 Å². The number of halogens is 3. The van der Waals surface area contributed by atoms with Crippen molar-refractivity contribution in [3.63, 3.8) is 0 Å². The molecule has 0 spiro atoms. The van der Waals surface area contributed by atoms with E-state index in [-0.39, 0.29) is 5.95 Å². The Hall–Kier alpha value is -1.59. The number of rotatable bonds is 1. The van der Waals surface area contributed by atoms with Crippen LogP contribution in [0.4, 0.5) is 19.1 Å². The molecule has 0 saturated carbocycles. The third kappa shape index (κ3) is 2.75. The van der Waals surface area contributed by atoms with Crippen LogP contribution in [0.15, 0.2) is 23.9 Å². The van der Waals surface area contributed by atoms with Crippen molar-refractivity contribution in [1.29, 1.82) is 0 Å². The first-order valence-corrected chi connectivity index (χ1v) is 5.27. The topological polar surface area (TPSA) is 29.0 Å². The lowest BCUT2D eigenvalue weighted by Gasteiger charge is -2.26. The molecular formula is C11H12F3N3. The molecule has 0 amide bonds. The molecular weight excluding hydrogens is 231 g/mol. The Morgan fingerprint density at radius 2 is 2.12 bits per heavy atom. The molecule has 1 aromatic rings. The van der Waals surface area contributed by atoms with Crippen molar-refractivity contribution < 1.29 is 13.2 Å². The van der Waals surface area contributed by atoms with Crippen LogP contribution in [0.3, 0.4) is 0 Å². The third-order valence-electron chi connectivity index (χ3n) is 2.55. The highest BCUT2D eigenvalue weighted by molar-refractivity contribution is 5.35. The minimum Gasteiger partial charge on any atom is -0.337 e. The highest BCUT2D eigenvalue weighted by Gasteiger charge is 2.33. The lowest BCUT2D eigenvalue weighted by Crippen LogP contribution is -2.31. The van der Waals surface area contributed by atoms with Crippen molar-refractivity contribution in [2.24, 2.45) is 0 Å². The summed E-state index contributed by atoms with van der Waals surface area (Å²) in [4.78, 5) is 9.22. The van der Waals surface area contributed by atoms with Gasteiger partial charge in [0.15, 0.2) is 0 Å². The van der Waals surface area contributed by atoms with Crippen LogP contribution < -0.4 is 4.90 Å². The molecule has 0 bridgehead atoms. The third-order valence-corrected chi connectivity index (χ3v) is 2.55. The summed E-state index contributed by atoms with van der Waals surface area (Å²) in [6.45, 7) is 3.18. The molecule has 6 heteroatoms. The van der Waals surface area contributed by atoms with Gasteiger partial charge in [-0.15, -0.1) is 0 Å². The fraction of sp³-hybridized carbons (Fsp3) is 0.455. The summed E-state index contributed by atoms with van der Waals surface area (Å²) in [5.41, 5.74) is 0.229. The van der Waals surface area contributed by atoms with Gasteiger partial charge in [-0.25, -0.2) is 9.97 Å². The molecule has 0 fully saturated rings. The quantitative estimate of drug-likeness (QED) is 0.710. The number of hydrogen-bond donors (Lipinski definition) is 0. The van der Waals surface area contributed by atoms with E-state index in [1.165, 1.54) is 0 Å². The van der Waals surface area contributed by atoms with Crippen molar-refractivity contribution in [2.75, 3.05) is 18.0 Å². The Bertz CT molecular complexity index is 440. The predicted octanol–water partition coefficient (Wildman–Crippen LogP) is 2.65. The lowest BCUT2D eigenvalue weighted by atomic mass is 10.1. The van der Waals surface area contributed by atoms with E-state index in [2.05, 4.69) is 16.0 Å². The molecule has 0 saturated heterocycles. The Morgan fingerprint density at radius 1 is 1.35 bits per heavy atom. The van der Waals surface area contributed by atoms with E-state index in [1.807, 2.05) is 6.92 Å². The van der Waals surface area contributed by atoms with Crippen LogP contribution in [-0.2, 0) is 6.18 Å². The van der Waals surface area contributed by atoms with Gasteiger partial charge in [0.25, 0.3) is 0 Å². The maximum absolute atomic E-state index is 12.5. The first-order chi connectivity index (χ1) is 7.97. The van der Waals surface area contributed by atoms with E-state index in [0.29, 0.717) is 13.1 Å². The Kier molecular flexibility index (Phi) is 3.04. The smallest absolute Gasteiger partial charge is 0.337 e. The van der Waals surface area contributed by atoms with E-state index in [1.54, 1.807) is 4.90 Å². The van der Waals surface area contributed by atoms with Gasteiger partial charge in [0.2, 0.25) is 5.95 Å². The zero-order chi connectivity index (χ0) is 12.5. The van der Waals surface area contributed by atoms with Gasteiger partial charge in [-0.05, 0) is 19.4 Å². The second-order valence-electron chi connectivity index (χ2n) is 4.00. The predicted molar refractivity (Wildman–Crippen MR) is 57.6 cm³/mol. The van der Waals surface area contributed by atoms with Crippen LogP contribution in [0, 0.1) is 0 Å². The molecule has 17 heavy (non-hydrogen) atoms. The molecule has 1 aliphatic rings. The van der Waals surface area contributed by atoms with E-state index in [9.17, 15) is 13.2 Å². The highest BCUT2D eigenvalue weighted by Crippen LogP contribution is 2.28. The Morgan fingerprint density at radius 3 is 2.76 bits per heavy atom. The fourth-order valence-corrected chi connectivity index (χ4v) is 1.74. The van der Waals surface area contributed by atoms with Crippen molar-refractivity contribution in [3.8, 4) is 0 Å². The number of alkyl halides is 3. The summed E-state index contributed by atoms with van der Waals surface area (Å²) in [5, 5.41) is 0. The van der Waals surface area contributed by atoms with Gasteiger partial charge in [0.05, 0.1) is 0 Å². The first kappa shape index (κ1) is 11.9. The minimum atomic E-state index is -4.42. The molecule has 0 N–H and O–H groups in total. The van der Waals surface area contributed by atoms with E-state index in [0.717, 1.165) is 24.3 Å². The van der Waals surface area contributed by atoms with Crippen LogP contribution in [-0.4, -0.2) is 23.1 Å². The normalized spacial score (nSPS) is 16.9. The van der Waals surface area contributed by atoms with E-state index < -0.39 is 11.9 Å². The summed E-state index contributed by atoms with van der Waals surface area (Å²) in [6.07, 6.45) is -0.382. The molecule has 2 rings (SSSR count). The average molecular weight is 243 g/mol. The molecule has 0 aliphatic carbocycles. The van der Waals surface area contributed by atoms with Crippen molar-refractivity contribution in [1.82, 2.24) is 9.97 Å². The second kappa shape index (κ2) is 4.35. The van der Waals surface area contributed by atoms with Gasteiger partial charge in [-0.3, -0.25) is 0 Å². The van der Waals surface area contributed by atoms with E-state index in [4.69, 9.17) is 0 Å². The minimum absolute atomic E-state index is 0.146. The van der Waals surface area contributed by atoms with Crippen molar-refractivity contribution in [3.05, 3.63) is 29.6 Å². The molecule has 0 unspecified atom stereocenters. The van der Waals surface area contributed by atoms with Crippen LogP contribution in [0.25, 0.3) is 0 Å². The standard InChI is InChI=1S/C11H12F3N3/c1-8-3-2-6-17(7-8)10-15-5-4-9(16-10)11(12,13)14/h3-5H,2,6-7H2,1H3. The maximum Gasteiger partial charge on any atom is 0.433 e. The summed E-state index contributed by atoms with van der Waals surface area (Å²) in [6, 6.07) is 0.885. The molecule has 92 valence electrons. The SMILES string of the molecule is CC1=CCCN(c2nccc(C(F)(F)F)n2)C1. The number of hydrogen-bond acceptors (Lipinski definition) is 3. The Labute approximate surface area is 97.0 Å². The molecule has 0 atom stereocenters. The number of aromatic nitrogens is 2. The summed E-state index contributed by atoms with van der Waals surface area (Å²) >= 11 is 0. The summed E-state index contributed by atoms with van der Waals surface area (Å²) in [7, 11) is 0. The fourth-order valence-electron chi connectivity index (χ4n) is 1.74. The van der Waals surface area contributed by atoms with Gasteiger partial charge in [0, 0.05) is 19.3 Å². The van der Waals surface area contributed by atoms with Gasteiger partial charge in [-0.2, -0.15) is 13.2 Å². The van der Waals surface area contributed by atoms with Gasteiger partial charge in [0.1, 0.15) is 5.69 Å². The van der Waals surface area contributed by atoms with Crippen LogP contribution in [0.2, 0.25) is 0 Å². The van der Waals surface area contributed by atoms with Gasteiger partial charge in [-0.1, -0.05) is 11.6 Å². The number of nitrogens with zero attached hydrogens (tertiary/aromatic N) is 3. The van der Waals surface area contributed by atoms with Gasteiger partial charge >= 0.3 is 6.18 Å². The maximum atomic E-state index is 12.5. The van der Waals surface area contributed by atoms with Crippen molar-refractivity contribution >= 4 is 5.95 Å². The molecule has 0 aromatic carbocycles. The molecule has 2 heterocycles. The summed E-state index contributed by atoms with van der Waals surface area (Å²) in [5.74, 6) is 0.146. The summed E-state index contributed by atoms with van der Waals surface area (Å²) < 4.78 is 37.5. The first-order valence-electron chi connectivity index (χ1n) is 5.27. The van der Waals surface area contributed by atoms with Crippen LogP contribution in [0.1, 0.15) is 19.0 Å². The molecule has 1 aliphatic heterocycles. The average Bonchev–Trinajstić information content (AvgIpc) is 2.28. The highest BCUT2D eigenvalue weighted by atomic mass is 19.4. The molecule has 1 aromatic heterocycles. The second-order valence-corrected chi connectivity index (χ2v) is 4.00. The lowest BCUT2D eigenvalue weighted by molar-refractivity contribution is -0.141.